The SMILES string of the molecule is CN=C(NCCCN1C(=O)C2C3C=CC(C3)C2C1=O)NCC(C)(C)Cc1ccccc1. The van der Waals surface area contributed by atoms with E-state index < -0.39 is 0 Å². The van der Waals surface area contributed by atoms with Gasteiger partial charge in [0, 0.05) is 26.7 Å². The van der Waals surface area contributed by atoms with E-state index in [0.717, 1.165) is 25.3 Å². The highest BCUT2D eigenvalue weighted by Gasteiger charge is 2.58. The fourth-order valence-corrected chi connectivity index (χ4v) is 5.38. The zero-order chi connectivity index (χ0) is 22.0. The number of allylic oxidation sites excluding steroid dienone is 2. The van der Waals surface area contributed by atoms with Gasteiger partial charge in [-0.05, 0) is 42.1 Å². The lowest BCUT2D eigenvalue weighted by Crippen LogP contribution is -2.43. The van der Waals surface area contributed by atoms with Crippen molar-refractivity contribution >= 4 is 17.8 Å². The molecule has 0 radical (unpaired) electrons. The third kappa shape index (κ3) is 4.53. The van der Waals surface area contributed by atoms with E-state index in [1.54, 1.807) is 7.05 Å². The van der Waals surface area contributed by atoms with Gasteiger partial charge in [-0.15, -0.1) is 0 Å². The van der Waals surface area contributed by atoms with Crippen LogP contribution in [0.25, 0.3) is 0 Å². The zero-order valence-electron chi connectivity index (χ0n) is 18.8. The summed E-state index contributed by atoms with van der Waals surface area (Å²) in [6.45, 7) is 6.42. The Morgan fingerprint density at radius 3 is 2.32 bits per heavy atom. The van der Waals surface area contributed by atoms with Crippen LogP contribution in [0.5, 0.6) is 0 Å². The lowest BCUT2D eigenvalue weighted by atomic mass is 9.85. The summed E-state index contributed by atoms with van der Waals surface area (Å²) in [7, 11) is 1.76. The molecule has 4 atom stereocenters. The molecule has 2 N–H and O–H groups in total. The molecule has 2 amide bonds. The standard InChI is InChI=1S/C25H34N4O2/c1-25(2,15-17-8-5-4-6-9-17)16-28-24(26-3)27-12-7-13-29-22(30)20-18-10-11-19(14-18)21(20)23(29)31/h4-6,8-11,18-21H,7,12-16H2,1-3H3,(H2,26,27,28). The van der Waals surface area contributed by atoms with E-state index in [0.29, 0.717) is 19.5 Å². The number of likely N-dealkylation sites (tertiary alicyclic amines) is 1. The first-order chi connectivity index (χ1) is 14.9. The van der Waals surface area contributed by atoms with Gasteiger partial charge in [0.25, 0.3) is 0 Å². The van der Waals surface area contributed by atoms with Crippen molar-refractivity contribution in [1.82, 2.24) is 15.5 Å². The number of carbonyl (C=O) groups excluding carboxylic acids is 2. The summed E-state index contributed by atoms with van der Waals surface area (Å²) >= 11 is 0. The van der Waals surface area contributed by atoms with Crippen LogP contribution in [-0.4, -0.2) is 49.4 Å². The van der Waals surface area contributed by atoms with Crippen molar-refractivity contribution in [3.63, 3.8) is 0 Å². The van der Waals surface area contributed by atoms with Crippen molar-refractivity contribution in [2.45, 2.75) is 33.1 Å². The number of rotatable bonds is 8. The number of hydrogen-bond acceptors (Lipinski definition) is 3. The number of nitrogens with zero attached hydrogens (tertiary/aromatic N) is 2. The number of carbonyl (C=O) groups is 2. The molecule has 1 aromatic rings. The van der Waals surface area contributed by atoms with E-state index in [2.05, 4.69) is 65.9 Å². The number of imide groups is 1. The second-order valence-corrected chi connectivity index (χ2v) is 9.86. The van der Waals surface area contributed by atoms with Crippen molar-refractivity contribution in [2.24, 2.45) is 34.1 Å². The van der Waals surface area contributed by atoms with Crippen LogP contribution in [0.15, 0.2) is 47.5 Å². The predicted octanol–water partition coefficient (Wildman–Crippen LogP) is 2.62. The van der Waals surface area contributed by atoms with Crippen LogP contribution >= 0.6 is 0 Å². The Morgan fingerprint density at radius 1 is 1.06 bits per heavy atom. The lowest BCUT2D eigenvalue weighted by molar-refractivity contribution is -0.140. The van der Waals surface area contributed by atoms with Crippen molar-refractivity contribution < 1.29 is 9.59 Å². The Bertz CT molecular complexity index is 847. The molecule has 2 fully saturated rings. The minimum absolute atomic E-state index is 0.0389. The molecule has 31 heavy (non-hydrogen) atoms. The van der Waals surface area contributed by atoms with Crippen LogP contribution in [0.3, 0.4) is 0 Å². The largest absolute Gasteiger partial charge is 0.356 e. The summed E-state index contributed by atoms with van der Waals surface area (Å²) in [5, 5.41) is 6.73. The summed E-state index contributed by atoms with van der Waals surface area (Å²) in [5.41, 5.74) is 1.41. The zero-order valence-corrected chi connectivity index (χ0v) is 18.8. The molecule has 1 saturated heterocycles. The van der Waals surface area contributed by atoms with Gasteiger partial charge in [0.05, 0.1) is 11.8 Å². The summed E-state index contributed by atoms with van der Waals surface area (Å²) in [6.07, 6.45) is 6.95. The van der Waals surface area contributed by atoms with Crippen LogP contribution < -0.4 is 10.6 Å². The fourth-order valence-electron chi connectivity index (χ4n) is 5.38. The first-order valence-corrected chi connectivity index (χ1v) is 11.4. The van der Waals surface area contributed by atoms with Gasteiger partial charge in [-0.3, -0.25) is 19.5 Å². The molecule has 166 valence electrons. The van der Waals surface area contributed by atoms with E-state index in [1.807, 2.05) is 6.07 Å². The highest BCUT2D eigenvalue weighted by molar-refractivity contribution is 6.06. The first kappa shape index (κ1) is 21.6. The highest BCUT2D eigenvalue weighted by atomic mass is 16.2. The summed E-state index contributed by atoms with van der Waals surface area (Å²) < 4.78 is 0. The van der Waals surface area contributed by atoms with E-state index in [4.69, 9.17) is 0 Å². The molecule has 4 rings (SSSR count). The Morgan fingerprint density at radius 2 is 1.71 bits per heavy atom. The van der Waals surface area contributed by atoms with E-state index in [-0.39, 0.29) is 40.9 Å². The maximum absolute atomic E-state index is 12.7. The highest BCUT2D eigenvalue weighted by Crippen LogP contribution is 2.52. The smallest absolute Gasteiger partial charge is 0.233 e. The number of guanidine groups is 1. The Balaban J connectivity index is 1.20. The van der Waals surface area contributed by atoms with Gasteiger partial charge in [0.1, 0.15) is 0 Å². The number of nitrogens with one attached hydrogen (secondary N) is 2. The number of fused-ring (bicyclic) bond motifs is 5. The van der Waals surface area contributed by atoms with Gasteiger partial charge in [0.15, 0.2) is 5.96 Å². The van der Waals surface area contributed by atoms with Gasteiger partial charge in [0.2, 0.25) is 11.8 Å². The van der Waals surface area contributed by atoms with Crippen LogP contribution in [0.4, 0.5) is 0 Å². The normalized spacial score (nSPS) is 27.2. The lowest BCUT2D eigenvalue weighted by Gasteiger charge is -2.26. The van der Waals surface area contributed by atoms with E-state index >= 15 is 0 Å². The molecule has 1 aromatic carbocycles. The minimum Gasteiger partial charge on any atom is -0.356 e. The molecule has 6 heteroatoms. The third-order valence-electron chi connectivity index (χ3n) is 6.90. The first-order valence-electron chi connectivity index (χ1n) is 11.4. The Kier molecular flexibility index (Phi) is 6.17. The number of benzene rings is 1. The van der Waals surface area contributed by atoms with Crippen molar-refractivity contribution in [2.75, 3.05) is 26.7 Å². The van der Waals surface area contributed by atoms with Crippen LogP contribution in [0.2, 0.25) is 0 Å². The number of aliphatic imine (C=N–C) groups is 1. The summed E-state index contributed by atoms with van der Waals surface area (Å²) in [5.74, 6) is 1.18. The maximum atomic E-state index is 12.7. The van der Waals surface area contributed by atoms with Gasteiger partial charge < -0.3 is 10.6 Å². The quantitative estimate of drug-likeness (QED) is 0.222. The van der Waals surface area contributed by atoms with E-state index in [9.17, 15) is 9.59 Å². The van der Waals surface area contributed by atoms with Crippen LogP contribution in [-0.2, 0) is 16.0 Å². The Labute approximate surface area is 185 Å². The molecule has 2 bridgehead atoms. The second-order valence-electron chi connectivity index (χ2n) is 9.86. The molecule has 0 spiro atoms. The van der Waals surface area contributed by atoms with Gasteiger partial charge in [-0.1, -0.05) is 56.3 Å². The van der Waals surface area contributed by atoms with Gasteiger partial charge >= 0.3 is 0 Å². The fraction of sp³-hybridized carbons (Fsp3) is 0.560. The summed E-state index contributed by atoms with van der Waals surface area (Å²) in [6, 6.07) is 10.5. The molecule has 1 aliphatic heterocycles. The number of hydrogen-bond donors (Lipinski definition) is 2. The number of amides is 2. The van der Waals surface area contributed by atoms with E-state index in [1.165, 1.54) is 10.5 Å². The maximum Gasteiger partial charge on any atom is 0.233 e. The van der Waals surface area contributed by atoms with Crippen LogP contribution in [0.1, 0.15) is 32.3 Å². The molecule has 3 aliphatic rings. The third-order valence-corrected chi connectivity index (χ3v) is 6.90. The topological polar surface area (TPSA) is 73.8 Å². The molecule has 1 saturated carbocycles. The molecule has 4 unspecified atom stereocenters. The monoisotopic (exact) mass is 422 g/mol. The summed E-state index contributed by atoms with van der Waals surface area (Å²) in [4.78, 5) is 31.3. The molecular weight excluding hydrogens is 388 g/mol. The van der Waals surface area contributed by atoms with Crippen LogP contribution in [0, 0.1) is 29.1 Å². The van der Waals surface area contributed by atoms with Gasteiger partial charge in [-0.2, -0.15) is 0 Å². The Hall–Kier alpha value is -2.63. The molecular formula is C25H34N4O2. The molecule has 6 nitrogen and oxygen atoms in total. The molecule has 1 heterocycles. The van der Waals surface area contributed by atoms with Gasteiger partial charge in [-0.25, -0.2) is 0 Å². The minimum atomic E-state index is -0.100. The van der Waals surface area contributed by atoms with Crippen molar-refractivity contribution in [1.29, 1.82) is 0 Å². The predicted molar refractivity (Wildman–Crippen MR) is 122 cm³/mol. The average Bonchev–Trinajstić information content (AvgIpc) is 3.43. The average molecular weight is 423 g/mol. The van der Waals surface area contributed by atoms with Crippen molar-refractivity contribution in [3.8, 4) is 0 Å². The molecule has 0 aromatic heterocycles. The second kappa shape index (κ2) is 8.85. The molecule has 2 aliphatic carbocycles. The van der Waals surface area contributed by atoms with Crippen molar-refractivity contribution in [3.05, 3.63) is 48.0 Å².